The molecule has 1 saturated heterocycles. The molecule has 2 rings (SSSR count). The van der Waals surface area contributed by atoms with Crippen molar-refractivity contribution in [3.63, 3.8) is 0 Å². The molecule has 1 aliphatic heterocycles. The number of amides is 1. The topological polar surface area (TPSA) is 75.7 Å². The quantitative estimate of drug-likeness (QED) is 0.826. The van der Waals surface area contributed by atoms with Crippen LogP contribution in [0.3, 0.4) is 0 Å². The van der Waals surface area contributed by atoms with E-state index in [2.05, 4.69) is 4.83 Å². The van der Waals surface area contributed by atoms with Crippen LogP contribution in [0.4, 0.5) is 0 Å². The number of nitrogens with zero attached hydrogens (tertiary/aromatic N) is 1. The van der Waals surface area contributed by atoms with E-state index in [4.69, 9.17) is 17.0 Å². The Morgan fingerprint density at radius 3 is 2.47 bits per heavy atom. The minimum absolute atomic E-state index is 0.0285. The van der Waals surface area contributed by atoms with Crippen LogP contribution in [0.15, 0.2) is 29.2 Å². The number of hydrogen-bond donors (Lipinski definition) is 1. The molecular weight excluding hydrogens is 308 g/mol. The summed E-state index contributed by atoms with van der Waals surface area (Å²) < 4.78 is 29.3. The highest BCUT2D eigenvalue weighted by atomic mass is 32.2. The summed E-state index contributed by atoms with van der Waals surface area (Å²) in [5, 5.41) is 0.875. The Bertz CT molecular complexity index is 596. The zero-order chi connectivity index (χ0) is 14.0. The van der Waals surface area contributed by atoms with Crippen LogP contribution >= 0.6 is 24.0 Å². The summed E-state index contributed by atoms with van der Waals surface area (Å²) in [7, 11) is -2.35. The molecule has 19 heavy (non-hydrogen) atoms. The van der Waals surface area contributed by atoms with Crippen molar-refractivity contribution in [2.75, 3.05) is 12.9 Å². The van der Waals surface area contributed by atoms with E-state index in [1.165, 1.54) is 31.4 Å². The maximum atomic E-state index is 12.1. The lowest BCUT2D eigenvalue weighted by atomic mass is 10.3. The third-order valence-electron chi connectivity index (χ3n) is 2.33. The molecule has 0 bridgehead atoms. The standard InChI is InChI=1S/C10H10N2O4S3/c1-16-7-2-4-8(5-3-7)19(14,15)11-12-9(13)6-18-10(12)17/h2-5,11H,6H2,1H3. The van der Waals surface area contributed by atoms with Crippen LogP contribution in [0.1, 0.15) is 0 Å². The van der Waals surface area contributed by atoms with Gasteiger partial charge in [-0.3, -0.25) is 4.79 Å². The molecule has 0 atom stereocenters. The highest BCUT2D eigenvalue weighted by molar-refractivity contribution is 8.24. The molecule has 1 N–H and O–H groups in total. The Labute approximate surface area is 120 Å². The molecule has 1 aromatic rings. The predicted octanol–water partition coefficient (Wildman–Crippen LogP) is 0.749. The molecule has 102 valence electrons. The molecule has 0 aliphatic carbocycles. The third-order valence-corrected chi connectivity index (χ3v) is 5.00. The van der Waals surface area contributed by atoms with Crippen molar-refractivity contribution in [1.29, 1.82) is 0 Å². The van der Waals surface area contributed by atoms with Crippen LogP contribution in [-0.2, 0) is 14.8 Å². The monoisotopic (exact) mass is 318 g/mol. The summed E-state index contributed by atoms with van der Waals surface area (Å²) in [5.74, 6) is 0.304. The molecule has 0 unspecified atom stereocenters. The summed E-state index contributed by atoms with van der Waals surface area (Å²) in [5.41, 5.74) is 0. The van der Waals surface area contributed by atoms with Crippen molar-refractivity contribution in [2.45, 2.75) is 4.90 Å². The molecule has 1 amide bonds. The lowest BCUT2D eigenvalue weighted by Gasteiger charge is -2.16. The van der Waals surface area contributed by atoms with E-state index >= 15 is 0 Å². The van der Waals surface area contributed by atoms with E-state index < -0.39 is 10.0 Å². The maximum Gasteiger partial charge on any atom is 0.257 e. The Balaban J connectivity index is 2.22. The van der Waals surface area contributed by atoms with E-state index in [1.54, 1.807) is 0 Å². The lowest BCUT2D eigenvalue weighted by Crippen LogP contribution is -2.44. The first-order valence-electron chi connectivity index (χ1n) is 5.10. The van der Waals surface area contributed by atoms with E-state index in [9.17, 15) is 13.2 Å². The molecule has 0 saturated carbocycles. The fourth-order valence-corrected chi connectivity index (χ4v) is 3.50. The highest BCUT2D eigenvalue weighted by Crippen LogP contribution is 2.20. The van der Waals surface area contributed by atoms with Gasteiger partial charge in [0.2, 0.25) is 0 Å². The molecule has 9 heteroatoms. The SMILES string of the molecule is COc1ccc(S(=O)(=O)NN2C(=O)CSC2=S)cc1. The molecule has 0 spiro atoms. The van der Waals surface area contributed by atoms with Gasteiger partial charge in [-0.25, -0.2) is 13.4 Å². The maximum absolute atomic E-state index is 12.1. The molecular formula is C10H10N2O4S3. The van der Waals surface area contributed by atoms with Crippen LogP contribution in [0.2, 0.25) is 0 Å². The van der Waals surface area contributed by atoms with Gasteiger partial charge in [-0.1, -0.05) is 24.0 Å². The average Bonchev–Trinajstić information content (AvgIpc) is 2.70. The fraction of sp³-hybridized carbons (Fsp3) is 0.200. The van der Waals surface area contributed by atoms with Crippen molar-refractivity contribution in [1.82, 2.24) is 9.84 Å². The minimum atomic E-state index is -3.84. The largest absolute Gasteiger partial charge is 0.497 e. The van der Waals surface area contributed by atoms with E-state index in [-0.39, 0.29) is 20.9 Å². The van der Waals surface area contributed by atoms with Crippen molar-refractivity contribution in [3.8, 4) is 5.75 Å². The molecule has 0 aromatic heterocycles. The molecule has 1 heterocycles. The number of thioether (sulfide) groups is 1. The Morgan fingerprint density at radius 2 is 2.00 bits per heavy atom. The van der Waals surface area contributed by atoms with Gasteiger partial charge in [0, 0.05) is 0 Å². The first-order chi connectivity index (χ1) is 8.94. The van der Waals surface area contributed by atoms with Crippen molar-refractivity contribution in [3.05, 3.63) is 24.3 Å². The molecule has 1 fully saturated rings. The van der Waals surface area contributed by atoms with Gasteiger partial charge in [0.05, 0.1) is 17.8 Å². The number of nitrogens with one attached hydrogen (secondary N) is 1. The Kier molecular flexibility index (Phi) is 4.09. The van der Waals surface area contributed by atoms with Crippen molar-refractivity contribution < 1.29 is 17.9 Å². The van der Waals surface area contributed by atoms with Gasteiger partial charge in [0.15, 0.2) is 4.32 Å². The number of ether oxygens (including phenoxy) is 1. The number of benzene rings is 1. The van der Waals surface area contributed by atoms with E-state index in [1.807, 2.05) is 0 Å². The second-order valence-corrected chi connectivity index (χ2v) is 6.82. The fourth-order valence-electron chi connectivity index (χ4n) is 1.37. The second kappa shape index (κ2) is 5.45. The Hall–Kier alpha value is -1.16. The first kappa shape index (κ1) is 14.3. The zero-order valence-corrected chi connectivity index (χ0v) is 12.3. The smallest absolute Gasteiger partial charge is 0.257 e. The van der Waals surface area contributed by atoms with Crippen LogP contribution in [-0.4, -0.2) is 36.5 Å². The van der Waals surface area contributed by atoms with Gasteiger partial charge in [0.1, 0.15) is 5.75 Å². The van der Waals surface area contributed by atoms with E-state index in [0.717, 1.165) is 16.8 Å². The molecule has 6 nitrogen and oxygen atoms in total. The summed E-state index contributed by atoms with van der Waals surface area (Å²) in [4.78, 5) is 13.7. The van der Waals surface area contributed by atoms with Crippen molar-refractivity contribution in [2.24, 2.45) is 0 Å². The summed E-state index contributed by atoms with van der Waals surface area (Å²) >= 11 is 6.01. The lowest BCUT2D eigenvalue weighted by molar-refractivity contribution is -0.125. The average molecular weight is 318 g/mol. The van der Waals surface area contributed by atoms with Gasteiger partial charge in [-0.05, 0) is 24.3 Å². The minimum Gasteiger partial charge on any atom is -0.497 e. The summed E-state index contributed by atoms with van der Waals surface area (Å²) in [6, 6.07) is 5.82. The van der Waals surface area contributed by atoms with E-state index in [0.29, 0.717) is 5.75 Å². The normalized spacial score (nSPS) is 15.9. The summed E-state index contributed by atoms with van der Waals surface area (Å²) in [6.45, 7) is 0. The predicted molar refractivity (Wildman–Crippen MR) is 75.2 cm³/mol. The van der Waals surface area contributed by atoms with Crippen LogP contribution < -0.4 is 9.57 Å². The summed E-state index contributed by atoms with van der Waals surface area (Å²) in [6.07, 6.45) is 0. The number of methoxy groups -OCH3 is 1. The number of rotatable bonds is 4. The van der Waals surface area contributed by atoms with Gasteiger partial charge in [-0.2, -0.15) is 0 Å². The Morgan fingerprint density at radius 1 is 1.37 bits per heavy atom. The van der Waals surface area contributed by atoms with Gasteiger partial charge >= 0.3 is 0 Å². The number of hydrogen-bond acceptors (Lipinski definition) is 6. The first-order valence-corrected chi connectivity index (χ1v) is 7.98. The second-order valence-electron chi connectivity index (χ2n) is 3.55. The number of sulfonamides is 1. The number of thiocarbonyl (C=S) groups is 1. The number of carbonyl (C=O) groups is 1. The van der Waals surface area contributed by atoms with Crippen molar-refractivity contribution >= 4 is 44.2 Å². The van der Waals surface area contributed by atoms with Gasteiger partial charge < -0.3 is 4.74 Å². The van der Waals surface area contributed by atoms with Crippen LogP contribution in [0.25, 0.3) is 0 Å². The third kappa shape index (κ3) is 3.06. The molecule has 1 aromatic carbocycles. The number of hydrazine groups is 1. The number of carbonyl (C=O) groups excluding carboxylic acids is 1. The van der Waals surface area contributed by atoms with Gasteiger partial charge in [0.25, 0.3) is 15.9 Å². The van der Waals surface area contributed by atoms with Gasteiger partial charge in [-0.15, -0.1) is 4.83 Å². The molecule has 1 aliphatic rings. The highest BCUT2D eigenvalue weighted by Gasteiger charge is 2.31. The van der Waals surface area contributed by atoms with Crippen LogP contribution in [0, 0.1) is 0 Å². The van der Waals surface area contributed by atoms with Crippen LogP contribution in [0.5, 0.6) is 5.75 Å². The molecule has 0 radical (unpaired) electrons. The zero-order valence-electron chi connectivity index (χ0n) is 9.82.